The zero-order valence-corrected chi connectivity index (χ0v) is 16.2. The van der Waals surface area contributed by atoms with Gasteiger partial charge in [0.25, 0.3) is 0 Å². The molecule has 1 aliphatic heterocycles. The second kappa shape index (κ2) is 8.09. The van der Waals surface area contributed by atoms with E-state index in [1.165, 1.54) is 0 Å². The van der Waals surface area contributed by atoms with Gasteiger partial charge in [0.1, 0.15) is 0 Å². The van der Waals surface area contributed by atoms with Gasteiger partial charge < -0.3 is 10.1 Å². The molecule has 0 amide bonds. The summed E-state index contributed by atoms with van der Waals surface area (Å²) >= 11 is 0. The van der Waals surface area contributed by atoms with Gasteiger partial charge in [0.2, 0.25) is 0 Å². The molecule has 4 heteroatoms. The van der Waals surface area contributed by atoms with E-state index in [-0.39, 0.29) is 11.1 Å². The van der Waals surface area contributed by atoms with E-state index in [1.807, 2.05) is 0 Å². The van der Waals surface area contributed by atoms with E-state index in [0.29, 0.717) is 12.1 Å². The Morgan fingerprint density at radius 3 is 1.95 bits per heavy atom. The largest absolute Gasteiger partial charge is 0.375 e. The number of hydrogen-bond donors (Lipinski definition) is 1. The van der Waals surface area contributed by atoms with Crippen molar-refractivity contribution >= 4 is 0 Å². The maximum atomic E-state index is 5.89. The monoisotopic (exact) mass is 313 g/mol. The Bertz CT molecular complexity index is 307. The Morgan fingerprint density at radius 1 is 0.955 bits per heavy atom. The van der Waals surface area contributed by atoms with Crippen LogP contribution in [0.3, 0.4) is 0 Å². The fourth-order valence-electron chi connectivity index (χ4n) is 3.14. The van der Waals surface area contributed by atoms with Gasteiger partial charge in [-0.2, -0.15) is 0 Å². The van der Waals surface area contributed by atoms with E-state index >= 15 is 0 Å². The van der Waals surface area contributed by atoms with Crippen LogP contribution in [0.1, 0.15) is 55.4 Å². The highest BCUT2D eigenvalue weighted by atomic mass is 16.5. The molecule has 2 atom stereocenters. The third-order valence-corrected chi connectivity index (χ3v) is 4.15. The Morgan fingerprint density at radius 2 is 1.50 bits per heavy atom. The smallest absolute Gasteiger partial charge is 0.0600 e. The first-order valence-electron chi connectivity index (χ1n) is 8.85. The van der Waals surface area contributed by atoms with Gasteiger partial charge in [-0.15, -0.1) is 0 Å². The Hall–Kier alpha value is -0.160. The lowest BCUT2D eigenvalue weighted by Crippen LogP contribution is -2.58. The summed E-state index contributed by atoms with van der Waals surface area (Å²) < 4.78 is 5.89. The molecular weight excluding hydrogens is 274 g/mol. The molecule has 1 N–H and O–H groups in total. The summed E-state index contributed by atoms with van der Waals surface area (Å²) in [6.45, 7) is 24.1. The van der Waals surface area contributed by atoms with Crippen LogP contribution in [-0.2, 0) is 4.74 Å². The topological polar surface area (TPSA) is 27.7 Å². The van der Waals surface area contributed by atoms with Crippen LogP contribution in [0.15, 0.2) is 0 Å². The normalized spacial score (nSPS) is 25.6. The van der Waals surface area contributed by atoms with Crippen LogP contribution in [0.4, 0.5) is 0 Å². The molecule has 0 aromatic carbocycles. The molecule has 1 rings (SSSR count). The summed E-state index contributed by atoms with van der Waals surface area (Å²) in [4.78, 5) is 5.19. The molecule has 1 saturated heterocycles. The molecule has 1 fully saturated rings. The molecule has 0 aromatic rings. The average molecular weight is 314 g/mol. The zero-order chi connectivity index (χ0) is 17.0. The van der Waals surface area contributed by atoms with Crippen LogP contribution >= 0.6 is 0 Å². The van der Waals surface area contributed by atoms with Crippen LogP contribution in [-0.4, -0.2) is 72.4 Å². The van der Waals surface area contributed by atoms with E-state index in [0.717, 1.165) is 39.3 Å². The van der Waals surface area contributed by atoms with Crippen molar-refractivity contribution in [2.24, 2.45) is 0 Å². The molecule has 4 nitrogen and oxygen atoms in total. The lowest BCUT2D eigenvalue weighted by Gasteiger charge is -2.45. The number of ether oxygens (including phenoxy) is 1. The van der Waals surface area contributed by atoms with Crippen LogP contribution in [0.25, 0.3) is 0 Å². The summed E-state index contributed by atoms with van der Waals surface area (Å²) in [5.41, 5.74) is 0.177. The van der Waals surface area contributed by atoms with E-state index in [9.17, 15) is 0 Å². The Kier molecular flexibility index (Phi) is 7.31. The van der Waals surface area contributed by atoms with Crippen molar-refractivity contribution in [2.75, 3.05) is 39.3 Å². The van der Waals surface area contributed by atoms with Crippen molar-refractivity contribution in [2.45, 2.75) is 78.6 Å². The molecule has 0 bridgehead atoms. The van der Waals surface area contributed by atoms with Gasteiger partial charge in [-0.1, -0.05) is 0 Å². The standard InChI is InChI=1S/C18H39N3O/c1-15-13-20(10-9-19-17(3,4)5)14-16(2)21(15)11-12-22-18(6,7)8/h15-16,19H,9-14H2,1-8H3. The number of rotatable bonds is 6. The fourth-order valence-corrected chi connectivity index (χ4v) is 3.14. The molecule has 132 valence electrons. The third-order valence-electron chi connectivity index (χ3n) is 4.15. The minimum absolute atomic E-state index is 0.0348. The predicted molar refractivity (Wildman–Crippen MR) is 95.5 cm³/mol. The van der Waals surface area contributed by atoms with E-state index in [1.54, 1.807) is 0 Å². The molecule has 0 saturated carbocycles. The molecule has 0 radical (unpaired) electrons. The van der Waals surface area contributed by atoms with Gasteiger partial charge in [-0.05, 0) is 55.4 Å². The third kappa shape index (κ3) is 7.91. The first kappa shape index (κ1) is 19.9. The van der Waals surface area contributed by atoms with E-state index in [2.05, 4.69) is 70.5 Å². The molecule has 22 heavy (non-hydrogen) atoms. The minimum atomic E-state index is -0.0348. The number of nitrogens with one attached hydrogen (secondary N) is 1. The van der Waals surface area contributed by atoms with Crippen molar-refractivity contribution in [1.82, 2.24) is 15.1 Å². The predicted octanol–water partition coefficient (Wildman–Crippen LogP) is 2.58. The molecule has 0 spiro atoms. The summed E-state index contributed by atoms with van der Waals surface area (Å²) in [7, 11) is 0. The summed E-state index contributed by atoms with van der Waals surface area (Å²) in [5.74, 6) is 0. The summed E-state index contributed by atoms with van der Waals surface area (Å²) in [6, 6.07) is 1.20. The highest BCUT2D eigenvalue weighted by molar-refractivity contribution is 4.85. The second-order valence-corrected chi connectivity index (χ2v) is 8.83. The summed E-state index contributed by atoms with van der Waals surface area (Å²) in [5, 5.41) is 3.59. The van der Waals surface area contributed by atoms with E-state index in [4.69, 9.17) is 4.74 Å². The number of hydrogen-bond acceptors (Lipinski definition) is 4. The molecule has 2 unspecified atom stereocenters. The lowest BCUT2D eigenvalue weighted by atomic mass is 10.1. The van der Waals surface area contributed by atoms with Crippen molar-refractivity contribution in [3.05, 3.63) is 0 Å². The van der Waals surface area contributed by atoms with Gasteiger partial charge in [-0.3, -0.25) is 9.80 Å². The highest BCUT2D eigenvalue weighted by Gasteiger charge is 2.29. The quantitative estimate of drug-likeness (QED) is 0.816. The maximum Gasteiger partial charge on any atom is 0.0600 e. The first-order valence-corrected chi connectivity index (χ1v) is 8.85. The lowest BCUT2D eigenvalue weighted by molar-refractivity contribution is -0.0366. The van der Waals surface area contributed by atoms with Crippen LogP contribution < -0.4 is 5.32 Å². The van der Waals surface area contributed by atoms with Crippen molar-refractivity contribution < 1.29 is 4.74 Å². The van der Waals surface area contributed by atoms with Crippen molar-refractivity contribution in [1.29, 1.82) is 0 Å². The van der Waals surface area contributed by atoms with Crippen molar-refractivity contribution in [3.8, 4) is 0 Å². The zero-order valence-electron chi connectivity index (χ0n) is 16.2. The first-order chi connectivity index (χ1) is 9.98. The van der Waals surface area contributed by atoms with Crippen LogP contribution in [0.2, 0.25) is 0 Å². The Balaban J connectivity index is 2.34. The molecule has 0 aromatic heterocycles. The number of nitrogens with zero attached hydrogens (tertiary/aromatic N) is 2. The SMILES string of the molecule is CC1CN(CCNC(C)(C)C)CC(C)N1CCOC(C)(C)C. The van der Waals surface area contributed by atoms with Crippen LogP contribution in [0.5, 0.6) is 0 Å². The van der Waals surface area contributed by atoms with Gasteiger partial charge >= 0.3 is 0 Å². The molecule has 0 aliphatic carbocycles. The van der Waals surface area contributed by atoms with Gasteiger partial charge in [0.15, 0.2) is 0 Å². The van der Waals surface area contributed by atoms with Crippen LogP contribution in [0, 0.1) is 0 Å². The fraction of sp³-hybridized carbons (Fsp3) is 1.00. The van der Waals surface area contributed by atoms with E-state index < -0.39 is 0 Å². The Labute approximate surface area is 138 Å². The number of piperazine rings is 1. The molecule has 1 aliphatic rings. The molecule has 1 heterocycles. The minimum Gasteiger partial charge on any atom is -0.375 e. The molecular formula is C18H39N3O. The maximum absolute atomic E-state index is 5.89. The van der Waals surface area contributed by atoms with Gasteiger partial charge in [-0.25, -0.2) is 0 Å². The summed E-state index contributed by atoms with van der Waals surface area (Å²) in [6.07, 6.45) is 0. The highest BCUT2D eigenvalue weighted by Crippen LogP contribution is 2.16. The van der Waals surface area contributed by atoms with Gasteiger partial charge in [0.05, 0.1) is 12.2 Å². The van der Waals surface area contributed by atoms with Gasteiger partial charge in [0, 0.05) is 50.3 Å². The second-order valence-electron chi connectivity index (χ2n) is 8.83. The van der Waals surface area contributed by atoms with Crippen molar-refractivity contribution in [3.63, 3.8) is 0 Å². The average Bonchev–Trinajstić information content (AvgIpc) is 2.29.